The van der Waals surface area contributed by atoms with E-state index in [4.69, 9.17) is 9.47 Å². The van der Waals surface area contributed by atoms with Crippen LogP contribution < -0.4 is 10.1 Å². The average molecular weight is 425 g/mol. The summed E-state index contributed by atoms with van der Waals surface area (Å²) >= 11 is 0. The van der Waals surface area contributed by atoms with E-state index in [0.717, 1.165) is 66.4 Å². The number of amides is 1. The van der Waals surface area contributed by atoms with Crippen LogP contribution in [0.2, 0.25) is 0 Å². The van der Waals surface area contributed by atoms with Crippen molar-refractivity contribution < 1.29 is 14.3 Å². The fourth-order valence-electron chi connectivity index (χ4n) is 4.27. The van der Waals surface area contributed by atoms with Gasteiger partial charge in [-0.1, -0.05) is 0 Å². The molecule has 2 aliphatic rings. The number of carbonyl (C=O) groups excluding carboxylic acids is 1. The first-order valence-electron chi connectivity index (χ1n) is 11.3. The van der Waals surface area contributed by atoms with Gasteiger partial charge in [0, 0.05) is 41.4 Å². The van der Waals surface area contributed by atoms with Crippen molar-refractivity contribution in [3.63, 3.8) is 0 Å². The molecule has 7 heteroatoms. The molecule has 1 aliphatic heterocycles. The molecule has 2 fully saturated rings. The highest BCUT2D eigenvalue weighted by atomic mass is 16.5. The van der Waals surface area contributed by atoms with Gasteiger partial charge in [0.25, 0.3) is 5.91 Å². The Morgan fingerprint density at radius 3 is 2.52 bits per heavy atom. The number of nitrogens with zero attached hydrogens (tertiary/aromatic N) is 3. The molecule has 0 radical (unpaired) electrons. The van der Waals surface area contributed by atoms with Crippen molar-refractivity contribution in [2.24, 2.45) is 0 Å². The van der Waals surface area contributed by atoms with E-state index in [1.165, 1.54) is 12.8 Å². The predicted molar refractivity (Wildman–Crippen MR) is 120 cm³/mol. The van der Waals surface area contributed by atoms with E-state index >= 15 is 0 Å². The number of likely N-dealkylation sites (tertiary alicyclic amines) is 1. The topological polar surface area (TPSA) is 76.6 Å². The first-order valence-corrected chi connectivity index (χ1v) is 11.3. The van der Waals surface area contributed by atoms with Crippen molar-refractivity contribution in [1.29, 1.82) is 0 Å². The van der Waals surface area contributed by atoms with Crippen LogP contribution in [0.25, 0.3) is 11.1 Å². The van der Waals surface area contributed by atoms with Crippen molar-refractivity contribution in [3.8, 4) is 16.9 Å². The first kappa shape index (κ1) is 21.7. The lowest BCUT2D eigenvalue weighted by atomic mass is 10.0. The molecule has 0 spiro atoms. The molecule has 31 heavy (non-hydrogen) atoms. The van der Waals surface area contributed by atoms with Crippen LogP contribution in [0.15, 0.2) is 24.5 Å². The summed E-state index contributed by atoms with van der Waals surface area (Å²) < 4.78 is 11.9. The molecule has 1 aromatic heterocycles. The maximum absolute atomic E-state index is 12.8. The number of benzene rings is 1. The zero-order valence-corrected chi connectivity index (χ0v) is 18.7. The van der Waals surface area contributed by atoms with Crippen LogP contribution >= 0.6 is 0 Å². The molecular formula is C24H32N4O3. The highest BCUT2D eigenvalue weighted by molar-refractivity contribution is 6.00. The molecule has 1 saturated carbocycles. The second kappa shape index (κ2) is 9.32. The summed E-state index contributed by atoms with van der Waals surface area (Å²) in [4.78, 5) is 24.0. The Morgan fingerprint density at radius 2 is 1.87 bits per heavy atom. The third-order valence-electron chi connectivity index (χ3n) is 6.14. The third kappa shape index (κ3) is 4.88. The molecule has 1 N–H and O–H groups in total. The Kier molecular flexibility index (Phi) is 6.53. The fourth-order valence-corrected chi connectivity index (χ4v) is 4.27. The van der Waals surface area contributed by atoms with Gasteiger partial charge < -0.3 is 14.8 Å². The number of anilines is 1. The van der Waals surface area contributed by atoms with Crippen molar-refractivity contribution in [2.75, 3.05) is 38.2 Å². The molecule has 166 valence electrons. The van der Waals surface area contributed by atoms with Crippen LogP contribution in [-0.4, -0.2) is 59.2 Å². The van der Waals surface area contributed by atoms with Gasteiger partial charge in [0.15, 0.2) is 0 Å². The molecule has 1 amide bonds. The largest absolute Gasteiger partial charge is 0.492 e. The smallest absolute Gasteiger partial charge is 0.256 e. The van der Waals surface area contributed by atoms with Crippen molar-refractivity contribution in [1.82, 2.24) is 14.9 Å². The lowest BCUT2D eigenvalue weighted by molar-refractivity contribution is -0.129. The van der Waals surface area contributed by atoms with Crippen molar-refractivity contribution >= 4 is 11.6 Å². The van der Waals surface area contributed by atoms with Crippen molar-refractivity contribution in [2.45, 2.75) is 52.1 Å². The molecule has 0 unspecified atom stereocenters. The predicted octanol–water partition coefficient (Wildman–Crippen LogP) is 3.74. The highest BCUT2D eigenvalue weighted by Crippen LogP contribution is 2.41. The summed E-state index contributed by atoms with van der Waals surface area (Å²) in [7, 11) is 0. The van der Waals surface area contributed by atoms with Gasteiger partial charge in [-0.25, -0.2) is 9.97 Å². The molecule has 2 aromatic rings. The monoisotopic (exact) mass is 424 g/mol. The van der Waals surface area contributed by atoms with Crippen molar-refractivity contribution in [3.05, 3.63) is 35.9 Å². The summed E-state index contributed by atoms with van der Waals surface area (Å²) in [5.41, 5.74) is 3.67. The lowest BCUT2D eigenvalue weighted by Crippen LogP contribution is -2.32. The van der Waals surface area contributed by atoms with E-state index in [9.17, 15) is 4.79 Å². The van der Waals surface area contributed by atoms with E-state index in [1.807, 2.05) is 39.0 Å². The minimum absolute atomic E-state index is 0.0826. The average Bonchev–Trinajstić information content (AvgIpc) is 3.35. The van der Waals surface area contributed by atoms with Gasteiger partial charge in [0.2, 0.25) is 0 Å². The van der Waals surface area contributed by atoms with Gasteiger partial charge in [-0.15, -0.1) is 0 Å². The Hall–Kier alpha value is -2.51. The second-order valence-electron chi connectivity index (χ2n) is 8.41. The van der Waals surface area contributed by atoms with E-state index in [2.05, 4.69) is 20.2 Å². The van der Waals surface area contributed by atoms with E-state index in [0.29, 0.717) is 13.2 Å². The normalized spacial score (nSPS) is 17.5. The van der Waals surface area contributed by atoms with Crippen LogP contribution in [-0.2, 0) is 9.53 Å². The van der Waals surface area contributed by atoms with Crippen LogP contribution in [0.3, 0.4) is 0 Å². The molecule has 4 rings (SSSR count). The van der Waals surface area contributed by atoms with Crippen LogP contribution in [0, 0.1) is 13.8 Å². The van der Waals surface area contributed by atoms with Crippen LogP contribution in [0.1, 0.15) is 44.0 Å². The highest BCUT2D eigenvalue weighted by Gasteiger charge is 2.51. The molecule has 1 aromatic carbocycles. The Bertz CT molecular complexity index is 916. The van der Waals surface area contributed by atoms with Gasteiger partial charge >= 0.3 is 0 Å². The summed E-state index contributed by atoms with van der Waals surface area (Å²) in [5.74, 6) is 0.699. The van der Waals surface area contributed by atoms with Gasteiger partial charge in [-0.05, 0) is 77.7 Å². The van der Waals surface area contributed by atoms with E-state index in [-0.39, 0.29) is 5.91 Å². The molecule has 2 heterocycles. The number of carbonyl (C=O) groups is 1. The second-order valence-corrected chi connectivity index (χ2v) is 8.41. The summed E-state index contributed by atoms with van der Waals surface area (Å²) in [6.45, 7) is 10.2. The number of aryl methyl sites for hydroxylation is 2. The maximum atomic E-state index is 12.8. The number of ether oxygens (including phenoxy) is 2. The molecular weight excluding hydrogens is 392 g/mol. The minimum Gasteiger partial charge on any atom is -0.492 e. The summed E-state index contributed by atoms with van der Waals surface area (Å²) in [5, 5.41) is 3.04. The third-order valence-corrected chi connectivity index (χ3v) is 6.14. The summed E-state index contributed by atoms with van der Waals surface area (Å²) in [6, 6.07) is 5.79. The van der Waals surface area contributed by atoms with E-state index in [1.54, 1.807) is 6.33 Å². The number of hydrogen-bond acceptors (Lipinski definition) is 6. The Morgan fingerprint density at radius 1 is 1.16 bits per heavy atom. The summed E-state index contributed by atoms with van der Waals surface area (Å²) in [6.07, 6.45) is 5.64. The van der Waals surface area contributed by atoms with Gasteiger partial charge in [0.1, 0.15) is 24.3 Å². The van der Waals surface area contributed by atoms with Crippen LogP contribution in [0.5, 0.6) is 5.75 Å². The van der Waals surface area contributed by atoms with Gasteiger partial charge in [-0.3, -0.25) is 9.69 Å². The van der Waals surface area contributed by atoms with E-state index < -0.39 is 5.60 Å². The minimum atomic E-state index is -0.665. The zero-order valence-electron chi connectivity index (χ0n) is 18.7. The Balaban J connectivity index is 1.58. The molecule has 1 saturated heterocycles. The molecule has 7 nitrogen and oxygen atoms in total. The number of aromatic nitrogens is 2. The number of rotatable bonds is 9. The maximum Gasteiger partial charge on any atom is 0.256 e. The number of hydrogen-bond donors (Lipinski definition) is 1. The SMILES string of the molecule is CCOC1(C(=O)Nc2ccc(OCCN3CCCC3)c(-c3c(C)ncnc3C)c2)CC1. The Labute approximate surface area is 184 Å². The lowest BCUT2D eigenvalue weighted by Gasteiger charge is -2.19. The van der Waals surface area contributed by atoms with Gasteiger partial charge in [-0.2, -0.15) is 0 Å². The standard InChI is InChI=1S/C24H32N4O3/c1-4-31-24(9-10-24)23(29)27-19-7-8-21(30-14-13-28-11-5-6-12-28)20(15-19)22-17(2)25-16-26-18(22)3/h7-8,15-16H,4-6,9-14H2,1-3H3,(H,27,29). The molecule has 0 atom stereocenters. The van der Waals surface area contributed by atoms with Crippen LogP contribution in [0.4, 0.5) is 5.69 Å². The quantitative estimate of drug-likeness (QED) is 0.661. The first-order chi connectivity index (χ1) is 15.0. The number of nitrogens with one attached hydrogen (secondary N) is 1. The fraction of sp³-hybridized carbons (Fsp3) is 0.542. The molecule has 1 aliphatic carbocycles. The van der Waals surface area contributed by atoms with Gasteiger partial charge in [0.05, 0.1) is 0 Å². The molecule has 0 bridgehead atoms. The zero-order chi connectivity index (χ0) is 21.8.